The Hall–Kier alpha value is -3.21. The molecule has 2 aromatic heterocycles. The molecule has 11 heteroatoms. The summed E-state index contributed by atoms with van der Waals surface area (Å²) in [6.45, 7) is 8.68. The van der Waals surface area contributed by atoms with Crippen LogP contribution in [0.25, 0.3) is 0 Å². The molecule has 3 aromatic rings. The third-order valence-electron chi connectivity index (χ3n) is 5.46. The Morgan fingerprint density at radius 2 is 1.82 bits per heavy atom. The van der Waals surface area contributed by atoms with E-state index in [1.807, 2.05) is 13.8 Å². The quantitative estimate of drug-likeness (QED) is 0.508. The van der Waals surface area contributed by atoms with Crippen molar-refractivity contribution in [1.29, 1.82) is 0 Å². The number of benzene rings is 1. The van der Waals surface area contributed by atoms with Crippen LogP contribution in [-0.2, 0) is 16.4 Å². The van der Waals surface area contributed by atoms with Crippen molar-refractivity contribution in [2.75, 3.05) is 35.7 Å². The van der Waals surface area contributed by atoms with Gasteiger partial charge in [0.2, 0.25) is 11.8 Å². The highest BCUT2D eigenvalue weighted by Gasteiger charge is 2.28. The molecule has 0 amide bonds. The summed E-state index contributed by atoms with van der Waals surface area (Å²) in [5, 5.41) is 4.11. The van der Waals surface area contributed by atoms with Crippen molar-refractivity contribution >= 4 is 21.7 Å². The first-order valence-corrected chi connectivity index (χ1v) is 12.7. The number of hydrogen-bond donors (Lipinski definition) is 0. The Morgan fingerprint density at radius 1 is 1.12 bits per heavy atom. The average Bonchev–Trinajstić information content (AvgIpc) is 3.29. The Kier molecular flexibility index (Phi) is 6.50. The second kappa shape index (κ2) is 9.34. The van der Waals surface area contributed by atoms with Crippen molar-refractivity contribution in [3.8, 4) is 5.75 Å². The van der Waals surface area contributed by atoms with E-state index in [2.05, 4.69) is 36.8 Å². The van der Waals surface area contributed by atoms with Crippen LogP contribution in [0.1, 0.15) is 38.1 Å². The molecule has 1 aliphatic rings. The fourth-order valence-electron chi connectivity index (χ4n) is 3.56. The van der Waals surface area contributed by atoms with Crippen molar-refractivity contribution in [2.45, 2.75) is 44.2 Å². The van der Waals surface area contributed by atoms with Crippen molar-refractivity contribution in [2.24, 2.45) is 0 Å². The fraction of sp³-hybridized carbons (Fsp3) is 0.455. The number of piperazine rings is 1. The maximum absolute atomic E-state index is 11.6. The van der Waals surface area contributed by atoms with E-state index < -0.39 is 9.84 Å². The molecule has 0 N–H and O–H groups in total. The van der Waals surface area contributed by atoms with Crippen LogP contribution < -0.4 is 14.5 Å². The first-order valence-electron chi connectivity index (χ1n) is 10.8. The molecule has 1 saturated heterocycles. The Labute approximate surface area is 193 Å². The Bertz CT molecular complexity index is 1180. The van der Waals surface area contributed by atoms with Crippen LogP contribution in [0.2, 0.25) is 0 Å². The number of sulfone groups is 1. The van der Waals surface area contributed by atoms with E-state index >= 15 is 0 Å². The third kappa shape index (κ3) is 5.41. The highest BCUT2D eigenvalue weighted by Crippen LogP contribution is 2.22. The van der Waals surface area contributed by atoms with Gasteiger partial charge >= 0.3 is 0 Å². The molecule has 1 aliphatic heterocycles. The molecule has 1 aromatic carbocycles. The number of rotatable bonds is 7. The second-order valence-corrected chi connectivity index (χ2v) is 10.5. The summed E-state index contributed by atoms with van der Waals surface area (Å²) in [6.07, 6.45) is 4.49. The van der Waals surface area contributed by atoms with Gasteiger partial charge in [0, 0.05) is 37.8 Å². The summed E-state index contributed by atoms with van der Waals surface area (Å²) in [6, 6.07) is 6.79. The van der Waals surface area contributed by atoms with Gasteiger partial charge in [0.25, 0.3) is 5.95 Å². The Balaban J connectivity index is 1.33. The smallest absolute Gasteiger partial charge is 0.266 e. The molecule has 0 radical (unpaired) electrons. The normalized spacial score (nSPS) is 16.9. The number of hydrogen-bond acceptors (Lipinski definition) is 10. The van der Waals surface area contributed by atoms with Gasteiger partial charge in [-0.2, -0.15) is 4.98 Å². The summed E-state index contributed by atoms with van der Waals surface area (Å²) in [5.74, 6) is 2.66. The van der Waals surface area contributed by atoms with E-state index in [9.17, 15) is 8.42 Å². The number of anilines is 2. The lowest BCUT2D eigenvalue weighted by Gasteiger charge is -2.39. The largest absolute Gasteiger partial charge is 0.486 e. The minimum atomic E-state index is -3.21. The lowest BCUT2D eigenvalue weighted by Crippen LogP contribution is -2.53. The molecule has 3 heterocycles. The van der Waals surface area contributed by atoms with Crippen molar-refractivity contribution in [1.82, 2.24) is 20.1 Å². The standard InChI is InChI=1S/C22H28N6O4S/c1-15(2)20-25-22(26-32-20)27-9-10-28(16(3)13-27)21-23-11-18(12-24-21)31-14-17-5-7-19(8-6-17)33(4,29)30/h5-8,11-12,15-16H,9-10,13-14H2,1-4H3/t16-/m1/s1. The first-order chi connectivity index (χ1) is 15.7. The summed E-state index contributed by atoms with van der Waals surface area (Å²) in [4.78, 5) is 18.0. The summed E-state index contributed by atoms with van der Waals surface area (Å²) in [5.41, 5.74) is 0.860. The van der Waals surface area contributed by atoms with Crippen molar-refractivity contribution in [3.05, 3.63) is 48.1 Å². The molecule has 1 fully saturated rings. The maximum atomic E-state index is 11.6. The molecule has 0 unspecified atom stereocenters. The molecular weight excluding hydrogens is 444 g/mol. The molecule has 10 nitrogen and oxygen atoms in total. The van der Waals surface area contributed by atoms with E-state index in [0.717, 1.165) is 25.2 Å². The predicted octanol–water partition coefficient (Wildman–Crippen LogP) is 2.68. The zero-order chi connectivity index (χ0) is 23.6. The topological polar surface area (TPSA) is 115 Å². The average molecular weight is 473 g/mol. The number of nitrogens with zero attached hydrogens (tertiary/aromatic N) is 6. The summed E-state index contributed by atoms with van der Waals surface area (Å²) in [7, 11) is -3.21. The zero-order valence-corrected chi connectivity index (χ0v) is 20.0. The molecule has 0 saturated carbocycles. The van der Waals surface area contributed by atoms with Gasteiger partial charge in [0.05, 0.1) is 17.3 Å². The van der Waals surface area contributed by atoms with Gasteiger partial charge in [-0.3, -0.25) is 0 Å². The van der Waals surface area contributed by atoms with Crippen LogP contribution in [0, 0.1) is 0 Å². The van der Waals surface area contributed by atoms with Gasteiger partial charge < -0.3 is 19.1 Å². The van der Waals surface area contributed by atoms with Gasteiger partial charge in [-0.25, -0.2) is 18.4 Å². The minimum absolute atomic E-state index is 0.167. The lowest BCUT2D eigenvalue weighted by atomic mass is 10.2. The van der Waals surface area contributed by atoms with Gasteiger partial charge in [0.15, 0.2) is 15.6 Å². The highest BCUT2D eigenvalue weighted by atomic mass is 32.2. The van der Waals surface area contributed by atoms with Crippen molar-refractivity contribution in [3.63, 3.8) is 0 Å². The molecule has 33 heavy (non-hydrogen) atoms. The Morgan fingerprint density at radius 3 is 2.39 bits per heavy atom. The minimum Gasteiger partial charge on any atom is -0.486 e. The van der Waals surface area contributed by atoms with E-state index in [0.29, 0.717) is 30.1 Å². The van der Waals surface area contributed by atoms with E-state index in [-0.39, 0.29) is 16.9 Å². The lowest BCUT2D eigenvalue weighted by molar-refractivity contribution is 0.303. The van der Waals surface area contributed by atoms with Crippen molar-refractivity contribution < 1.29 is 17.7 Å². The molecule has 4 rings (SSSR count). The van der Waals surface area contributed by atoms with Crippen LogP contribution in [0.4, 0.5) is 11.9 Å². The molecule has 176 valence electrons. The van der Waals surface area contributed by atoms with Crippen LogP contribution in [-0.4, -0.2) is 60.5 Å². The molecule has 0 bridgehead atoms. The highest BCUT2D eigenvalue weighted by molar-refractivity contribution is 7.90. The summed E-state index contributed by atoms with van der Waals surface area (Å²) >= 11 is 0. The van der Waals surface area contributed by atoms with E-state index in [1.165, 1.54) is 6.26 Å². The SMILES string of the molecule is CC(C)c1nc(N2CCN(c3ncc(OCc4ccc(S(C)(=O)=O)cc4)cn3)[C@H](C)C2)no1. The van der Waals surface area contributed by atoms with Crippen LogP contribution in [0.3, 0.4) is 0 Å². The first kappa shape index (κ1) is 23.0. The fourth-order valence-corrected chi connectivity index (χ4v) is 4.19. The van der Waals surface area contributed by atoms with Crippen LogP contribution in [0.5, 0.6) is 5.75 Å². The number of aromatic nitrogens is 4. The van der Waals surface area contributed by atoms with Gasteiger partial charge in [-0.05, 0) is 29.8 Å². The zero-order valence-electron chi connectivity index (χ0n) is 19.2. The number of ether oxygens (including phenoxy) is 1. The third-order valence-corrected chi connectivity index (χ3v) is 6.59. The van der Waals surface area contributed by atoms with E-state index in [4.69, 9.17) is 9.26 Å². The van der Waals surface area contributed by atoms with E-state index in [1.54, 1.807) is 36.7 Å². The molecular formula is C22H28N6O4S. The predicted molar refractivity (Wildman–Crippen MR) is 123 cm³/mol. The second-order valence-electron chi connectivity index (χ2n) is 8.50. The molecule has 0 aliphatic carbocycles. The van der Waals surface area contributed by atoms with Crippen LogP contribution >= 0.6 is 0 Å². The van der Waals surface area contributed by atoms with Crippen LogP contribution in [0.15, 0.2) is 46.1 Å². The molecule has 1 atom stereocenters. The summed E-state index contributed by atoms with van der Waals surface area (Å²) < 4.78 is 34.2. The molecule has 0 spiro atoms. The maximum Gasteiger partial charge on any atom is 0.266 e. The van der Waals surface area contributed by atoms with Gasteiger partial charge in [0.1, 0.15) is 6.61 Å². The monoisotopic (exact) mass is 472 g/mol. The van der Waals surface area contributed by atoms with Gasteiger partial charge in [-0.15, -0.1) is 0 Å². The van der Waals surface area contributed by atoms with Gasteiger partial charge in [-0.1, -0.05) is 26.0 Å².